The predicted molar refractivity (Wildman–Crippen MR) is 70.1 cm³/mol. The van der Waals surface area contributed by atoms with Gasteiger partial charge < -0.3 is 10.3 Å². The molecule has 0 fully saturated rings. The zero-order valence-corrected chi connectivity index (χ0v) is 10.8. The summed E-state index contributed by atoms with van der Waals surface area (Å²) < 4.78 is 2.05. The van der Waals surface area contributed by atoms with Gasteiger partial charge >= 0.3 is 0 Å². The van der Waals surface area contributed by atoms with Crippen molar-refractivity contribution in [3.8, 4) is 0 Å². The summed E-state index contributed by atoms with van der Waals surface area (Å²) in [4.78, 5) is 4.33. The molecule has 0 aliphatic heterocycles. The highest BCUT2D eigenvalue weighted by molar-refractivity contribution is 6.30. The quantitative estimate of drug-likeness (QED) is 0.909. The SMILES string of the molecule is CCn1ccnc1C(N)c1ccc(Cl)cc1C. The summed E-state index contributed by atoms with van der Waals surface area (Å²) in [6.07, 6.45) is 3.73. The van der Waals surface area contributed by atoms with Crippen molar-refractivity contribution in [2.45, 2.75) is 26.4 Å². The zero-order chi connectivity index (χ0) is 12.4. The van der Waals surface area contributed by atoms with Gasteiger partial charge in [-0.25, -0.2) is 4.98 Å². The first kappa shape index (κ1) is 12.1. The fourth-order valence-electron chi connectivity index (χ4n) is 1.99. The van der Waals surface area contributed by atoms with Crippen LogP contribution >= 0.6 is 11.6 Å². The topological polar surface area (TPSA) is 43.8 Å². The maximum absolute atomic E-state index is 6.26. The maximum atomic E-state index is 6.26. The molecule has 1 aromatic heterocycles. The molecule has 1 unspecified atom stereocenters. The molecule has 90 valence electrons. The second-order valence-corrected chi connectivity index (χ2v) is 4.49. The van der Waals surface area contributed by atoms with Crippen molar-refractivity contribution in [3.05, 3.63) is 52.6 Å². The van der Waals surface area contributed by atoms with E-state index in [2.05, 4.69) is 16.5 Å². The number of aryl methyl sites for hydroxylation is 2. The second-order valence-electron chi connectivity index (χ2n) is 4.05. The lowest BCUT2D eigenvalue weighted by atomic mass is 10.0. The highest BCUT2D eigenvalue weighted by Crippen LogP contribution is 2.24. The molecule has 0 radical (unpaired) electrons. The van der Waals surface area contributed by atoms with E-state index in [4.69, 9.17) is 17.3 Å². The van der Waals surface area contributed by atoms with Crippen LogP contribution in [0.5, 0.6) is 0 Å². The van der Waals surface area contributed by atoms with Gasteiger partial charge in [-0.3, -0.25) is 0 Å². The van der Waals surface area contributed by atoms with Crippen LogP contribution < -0.4 is 5.73 Å². The summed E-state index contributed by atoms with van der Waals surface area (Å²) in [7, 11) is 0. The van der Waals surface area contributed by atoms with E-state index in [9.17, 15) is 0 Å². The van der Waals surface area contributed by atoms with Crippen LogP contribution in [0.15, 0.2) is 30.6 Å². The molecule has 2 rings (SSSR count). The molecular formula is C13H16ClN3. The van der Waals surface area contributed by atoms with Gasteiger partial charge in [-0.1, -0.05) is 17.7 Å². The molecule has 0 saturated carbocycles. The smallest absolute Gasteiger partial charge is 0.130 e. The van der Waals surface area contributed by atoms with E-state index in [1.54, 1.807) is 6.20 Å². The summed E-state index contributed by atoms with van der Waals surface area (Å²) in [6, 6.07) is 5.55. The Morgan fingerprint density at radius 2 is 2.24 bits per heavy atom. The number of hydrogen-bond donors (Lipinski definition) is 1. The summed E-state index contributed by atoms with van der Waals surface area (Å²) in [5.41, 5.74) is 8.42. The highest BCUT2D eigenvalue weighted by atomic mass is 35.5. The lowest BCUT2D eigenvalue weighted by Crippen LogP contribution is -2.18. The van der Waals surface area contributed by atoms with Gasteiger partial charge in [0, 0.05) is 24.0 Å². The molecule has 0 aliphatic rings. The van der Waals surface area contributed by atoms with Gasteiger partial charge in [0.1, 0.15) is 5.82 Å². The Morgan fingerprint density at radius 3 is 2.88 bits per heavy atom. The molecule has 2 N–H and O–H groups in total. The number of halogens is 1. The first-order valence-corrected chi connectivity index (χ1v) is 6.04. The molecule has 0 bridgehead atoms. The van der Waals surface area contributed by atoms with E-state index in [1.807, 2.05) is 31.3 Å². The van der Waals surface area contributed by atoms with Crippen LogP contribution in [-0.2, 0) is 6.54 Å². The molecule has 0 spiro atoms. The summed E-state index contributed by atoms with van der Waals surface area (Å²) in [5.74, 6) is 0.887. The average molecular weight is 250 g/mol. The Morgan fingerprint density at radius 1 is 1.47 bits per heavy atom. The number of hydrogen-bond acceptors (Lipinski definition) is 2. The van der Waals surface area contributed by atoms with Crippen molar-refractivity contribution in [2.75, 3.05) is 0 Å². The van der Waals surface area contributed by atoms with Crippen molar-refractivity contribution in [2.24, 2.45) is 5.73 Å². The third-order valence-corrected chi connectivity index (χ3v) is 3.17. The Labute approximate surface area is 106 Å². The zero-order valence-electron chi connectivity index (χ0n) is 10.0. The van der Waals surface area contributed by atoms with Gasteiger partial charge in [0.2, 0.25) is 0 Å². The summed E-state index contributed by atoms with van der Waals surface area (Å²) >= 11 is 5.94. The average Bonchev–Trinajstić information content (AvgIpc) is 2.76. The standard InChI is InChI=1S/C13H16ClN3/c1-3-17-7-6-16-13(17)12(15)11-5-4-10(14)8-9(11)2/h4-8,12H,3,15H2,1-2H3. The van der Waals surface area contributed by atoms with Crippen LogP contribution in [0, 0.1) is 6.92 Å². The Balaban J connectivity index is 2.40. The molecule has 4 heteroatoms. The van der Waals surface area contributed by atoms with E-state index in [0.29, 0.717) is 0 Å². The van der Waals surface area contributed by atoms with Gasteiger partial charge in [0.25, 0.3) is 0 Å². The van der Waals surface area contributed by atoms with Crippen LogP contribution in [0.1, 0.15) is 29.9 Å². The van der Waals surface area contributed by atoms with Crippen molar-refractivity contribution >= 4 is 11.6 Å². The van der Waals surface area contributed by atoms with Gasteiger partial charge in [-0.2, -0.15) is 0 Å². The molecule has 2 aromatic rings. The van der Waals surface area contributed by atoms with Crippen LogP contribution in [-0.4, -0.2) is 9.55 Å². The minimum absolute atomic E-state index is 0.206. The van der Waals surface area contributed by atoms with Crippen LogP contribution in [0.4, 0.5) is 0 Å². The number of rotatable bonds is 3. The van der Waals surface area contributed by atoms with Crippen molar-refractivity contribution in [3.63, 3.8) is 0 Å². The largest absolute Gasteiger partial charge is 0.334 e. The van der Waals surface area contributed by atoms with Crippen molar-refractivity contribution in [1.29, 1.82) is 0 Å². The fraction of sp³-hybridized carbons (Fsp3) is 0.308. The third kappa shape index (κ3) is 2.35. The molecule has 1 aromatic carbocycles. The Kier molecular flexibility index (Phi) is 3.50. The lowest BCUT2D eigenvalue weighted by Gasteiger charge is -2.15. The fourth-order valence-corrected chi connectivity index (χ4v) is 2.22. The van der Waals surface area contributed by atoms with Crippen LogP contribution in [0.3, 0.4) is 0 Å². The number of nitrogens with zero attached hydrogens (tertiary/aromatic N) is 2. The monoisotopic (exact) mass is 249 g/mol. The summed E-state index contributed by atoms with van der Waals surface area (Å²) in [6.45, 7) is 4.96. The van der Waals surface area contributed by atoms with E-state index >= 15 is 0 Å². The predicted octanol–water partition coefficient (Wildman–Crippen LogP) is 2.91. The van der Waals surface area contributed by atoms with Crippen LogP contribution in [0.2, 0.25) is 5.02 Å². The minimum Gasteiger partial charge on any atom is -0.334 e. The number of aromatic nitrogens is 2. The molecular weight excluding hydrogens is 234 g/mol. The number of imidazole rings is 1. The number of nitrogens with two attached hydrogens (primary N) is 1. The molecule has 17 heavy (non-hydrogen) atoms. The van der Waals surface area contributed by atoms with Gasteiger partial charge in [-0.15, -0.1) is 0 Å². The lowest BCUT2D eigenvalue weighted by molar-refractivity contribution is 0.655. The molecule has 1 atom stereocenters. The van der Waals surface area contributed by atoms with E-state index in [0.717, 1.165) is 28.5 Å². The number of benzene rings is 1. The van der Waals surface area contributed by atoms with Gasteiger partial charge in [-0.05, 0) is 37.1 Å². The Hall–Kier alpha value is -1.32. The first-order chi connectivity index (χ1) is 8.13. The van der Waals surface area contributed by atoms with Gasteiger partial charge in [0.05, 0.1) is 6.04 Å². The maximum Gasteiger partial charge on any atom is 0.130 e. The molecule has 0 amide bonds. The van der Waals surface area contributed by atoms with E-state index in [-0.39, 0.29) is 6.04 Å². The van der Waals surface area contributed by atoms with Crippen LogP contribution in [0.25, 0.3) is 0 Å². The van der Waals surface area contributed by atoms with Crippen molar-refractivity contribution in [1.82, 2.24) is 9.55 Å². The molecule has 0 aliphatic carbocycles. The second kappa shape index (κ2) is 4.90. The van der Waals surface area contributed by atoms with Crippen molar-refractivity contribution < 1.29 is 0 Å². The highest BCUT2D eigenvalue weighted by Gasteiger charge is 2.16. The van der Waals surface area contributed by atoms with E-state index < -0.39 is 0 Å². The minimum atomic E-state index is -0.206. The molecule has 0 saturated heterocycles. The summed E-state index contributed by atoms with van der Waals surface area (Å²) in [5, 5.41) is 0.734. The molecule has 1 heterocycles. The molecule has 3 nitrogen and oxygen atoms in total. The third-order valence-electron chi connectivity index (χ3n) is 2.93. The Bertz CT molecular complexity index is 519. The normalized spacial score (nSPS) is 12.7. The van der Waals surface area contributed by atoms with Gasteiger partial charge in [0.15, 0.2) is 0 Å². The first-order valence-electron chi connectivity index (χ1n) is 5.66. The van der Waals surface area contributed by atoms with E-state index in [1.165, 1.54) is 0 Å².